The molecule has 0 saturated heterocycles. The third-order valence-corrected chi connectivity index (χ3v) is 4.43. The van der Waals surface area contributed by atoms with Gasteiger partial charge in [-0.3, -0.25) is 10.1 Å². The van der Waals surface area contributed by atoms with Crippen molar-refractivity contribution < 1.29 is 4.92 Å². The van der Waals surface area contributed by atoms with E-state index in [1.807, 2.05) is 11.4 Å². The SMILES string of the molecule is CCC(NCc1cc([N+](=O)[O-])ccc1Cl)c1cccs1. The van der Waals surface area contributed by atoms with E-state index in [-0.39, 0.29) is 11.7 Å². The van der Waals surface area contributed by atoms with Gasteiger partial charge in [0.05, 0.1) is 4.92 Å². The molecule has 0 spiro atoms. The molecule has 1 aromatic heterocycles. The van der Waals surface area contributed by atoms with E-state index in [0.29, 0.717) is 11.6 Å². The number of nitro groups is 1. The Labute approximate surface area is 126 Å². The molecule has 106 valence electrons. The first-order valence-electron chi connectivity index (χ1n) is 6.31. The quantitative estimate of drug-likeness (QED) is 0.629. The number of halogens is 1. The van der Waals surface area contributed by atoms with Crippen molar-refractivity contribution in [1.82, 2.24) is 5.32 Å². The lowest BCUT2D eigenvalue weighted by Crippen LogP contribution is -2.19. The predicted octanol–water partition coefficient (Wildman–Crippen LogP) is 4.55. The lowest BCUT2D eigenvalue weighted by molar-refractivity contribution is -0.384. The second-order valence-corrected chi connectivity index (χ2v) is 5.78. The highest BCUT2D eigenvalue weighted by atomic mass is 35.5. The first-order chi connectivity index (χ1) is 9.61. The summed E-state index contributed by atoms with van der Waals surface area (Å²) in [5.74, 6) is 0. The van der Waals surface area contributed by atoms with Crippen LogP contribution in [0.3, 0.4) is 0 Å². The maximum absolute atomic E-state index is 10.8. The summed E-state index contributed by atoms with van der Waals surface area (Å²) in [5.41, 5.74) is 0.811. The average molecular weight is 311 g/mol. The van der Waals surface area contributed by atoms with Crippen molar-refractivity contribution in [3.63, 3.8) is 0 Å². The Balaban J connectivity index is 2.10. The summed E-state index contributed by atoms with van der Waals surface area (Å²) in [5, 5.41) is 16.8. The summed E-state index contributed by atoms with van der Waals surface area (Å²) in [6, 6.07) is 8.86. The second-order valence-electron chi connectivity index (χ2n) is 4.39. The third-order valence-electron chi connectivity index (χ3n) is 3.07. The number of hydrogen-bond donors (Lipinski definition) is 1. The molecule has 2 aromatic rings. The number of nitro benzene ring substituents is 1. The molecule has 0 bridgehead atoms. The molecule has 20 heavy (non-hydrogen) atoms. The maximum Gasteiger partial charge on any atom is 0.269 e. The smallest absolute Gasteiger partial charge is 0.269 e. The van der Waals surface area contributed by atoms with Crippen LogP contribution in [0.1, 0.15) is 29.8 Å². The molecule has 1 unspecified atom stereocenters. The summed E-state index contributed by atoms with van der Waals surface area (Å²) in [7, 11) is 0. The van der Waals surface area contributed by atoms with Crippen molar-refractivity contribution in [3.8, 4) is 0 Å². The molecule has 2 rings (SSSR count). The molecule has 0 fully saturated rings. The van der Waals surface area contributed by atoms with E-state index in [0.717, 1.165) is 12.0 Å². The fourth-order valence-electron chi connectivity index (χ4n) is 1.98. The van der Waals surface area contributed by atoms with Crippen LogP contribution in [-0.2, 0) is 6.54 Å². The molecule has 0 aliphatic rings. The second kappa shape index (κ2) is 6.83. The van der Waals surface area contributed by atoms with E-state index in [1.165, 1.54) is 17.0 Å². The third kappa shape index (κ3) is 3.56. The molecular weight excluding hydrogens is 296 g/mol. The van der Waals surface area contributed by atoms with Crippen molar-refractivity contribution in [3.05, 3.63) is 61.3 Å². The van der Waals surface area contributed by atoms with Crippen LogP contribution in [-0.4, -0.2) is 4.92 Å². The largest absolute Gasteiger partial charge is 0.305 e. The molecule has 6 heteroatoms. The number of nitrogens with one attached hydrogen (secondary N) is 1. The van der Waals surface area contributed by atoms with Gasteiger partial charge in [0.2, 0.25) is 0 Å². The zero-order valence-electron chi connectivity index (χ0n) is 11.0. The summed E-state index contributed by atoms with van der Waals surface area (Å²) in [6.07, 6.45) is 0.951. The van der Waals surface area contributed by atoms with Gasteiger partial charge in [0.1, 0.15) is 0 Å². The zero-order valence-corrected chi connectivity index (χ0v) is 12.6. The van der Waals surface area contributed by atoms with Gasteiger partial charge in [0.25, 0.3) is 5.69 Å². The number of non-ortho nitro benzene ring substituents is 1. The molecule has 4 nitrogen and oxygen atoms in total. The summed E-state index contributed by atoms with van der Waals surface area (Å²) >= 11 is 7.79. The van der Waals surface area contributed by atoms with Crippen LogP contribution in [0.15, 0.2) is 35.7 Å². The van der Waals surface area contributed by atoms with E-state index in [4.69, 9.17) is 11.6 Å². The van der Waals surface area contributed by atoms with Crippen LogP contribution in [0.2, 0.25) is 5.02 Å². The molecule has 0 amide bonds. The predicted molar refractivity (Wildman–Crippen MR) is 82.3 cm³/mol. The number of rotatable bonds is 6. The summed E-state index contributed by atoms with van der Waals surface area (Å²) < 4.78 is 0. The molecule has 1 N–H and O–H groups in total. The average Bonchev–Trinajstić information content (AvgIpc) is 2.95. The summed E-state index contributed by atoms with van der Waals surface area (Å²) in [4.78, 5) is 11.6. The molecule has 0 aliphatic carbocycles. The number of nitrogens with zero attached hydrogens (tertiary/aromatic N) is 1. The van der Waals surface area contributed by atoms with Crippen molar-refractivity contribution >= 4 is 28.6 Å². The van der Waals surface area contributed by atoms with Gasteiger partial charge in [-0.05, 0) is 29.5 Å². The van der Waals surface area contributed by atoms with Gasteiger partial charge in [-0.1, -0.05) is 24.6 Å². The lowest BCUT2D eigenvalue weighted by Gasteiger charge is -2.16. The van der Waals surface area contributed by atoms with E-state index >= 15 is 0 Å². The Bertz CT molecular complexity index is 587. The Morgan fingerprint density at radius 2 is 2.25 bits per heavy atom. The molecule has 0 saturated carbocycles. The normalized spacial score (nSPS) is 12.3. The van der Waals surface area contributed by atoms with Gasteiger partial charge >= 0.3 is 0 Å². The number of thiophene rings is 1. The van der Waals surface area contributed by atoms with Gasteiger partial charge in [0, 0.05) is 34.6 Å². The Morgan fingerprint density at radius 3 is 2.85 bits per heavy atom. The van der Waals surface area contributed by atoms with Crippen LogP contribution in [0.25, 0.3) is 0 Å². The van der Waals surface area contributed by atoms with Gasteiger partial charge in [-0.2, -0.15) is 0 Å². The van der Waals surface area contributed by atoms with Crippen LogP contribution in [0.5, 0.6) is 0 Å². The number of benzene rings is 1. The van der Waals surface area contributed by atoms with Gasteiger partial charge in [-0.15, -0.1) is 11.3 Å². The molecule has 1 heterocycles. The Kier molecular flexibility index (Phi) is 5.11. The maximum atomic E-state index is 10.8. The highest BCUT2D eigenvalue weighted by molar-refractivity contribution is 7.10. The van der Waals surface area contributed by atoms with Crippen LogP contribution in [0.4, 0.5) is 5.69 Å². The van der Waals surface area contributed by atoms with E-state index in [9.17, 15) is 10.1 Å². The first-order valence-corrected chi connectivity index (χ1v) is 7.57. The van der Waals surface area contributed by atoms with Crippen LogP contribution >= 0.6 is 22.9 Å². The molecule has 0 aliphatic heterocycles. The van der Waals surface area contributed by atoms with E-state index in [2.05, 4.69) is 18.3 Å². The molecular formula is C14H15ClN2O2S. The minimum absolute atomic E-state index is 0.0652. The van der Waals surface area contributed by atoms with Crippen molar-refractivity contribution in [2.24, 2.45) is 0 Å². The van der Waals surface area contributed by atoms with Gasteiger partial charge < -0.3 is 5.32 Å². The van der Waals surface area contributed by atoms with Crippen LogP contribution < -0.4 is 5.32 Å². The fraction of sp³-hybridized carbons (Fsp3) is 0.286. The topological polar surface area (TPSA) is 55.2 Å². The fourth-order valence-corrected chi connectivity index (χ4v) is 3.05. The standard InChI is InChI=1S/C14H15ClN2O2S/c1-2-13(14-4-3-7-20-14)16-9-10-8-11(17(18)19)5-6-12(10)15/h3-8,13,16H,2,9H2,1H3. The Morgan fingerprint density at radius 1 is 1.45 bits per heavy atom. The molecule has 1 aromatic carbocycles. The zero-order chi connectivity index (χ0) is 14.5. The van der Waals surface area contributed by atoms with Gasteiger partial charge in [0.15, 0.2) is 0 Å². The minimum Gasteiger partial charge on any atom is -0.305 e. The highest BCUT2D eigenvalue weighted by Crippen LogP contribution is 2.25. The minimum atomic E-state index is -0.406. The summed E-state index contributed by atoms with van der Waals surface area (Å²) in [6.45, 7) is 2.61. The lowest BCUT2D eigenvalue weighted by atomic mass is 10.1. The van der Waals surface area contributed by atoms with Gasteiger partial charge in [-0.25, -0.2) is 0 Å². The Hall–Kier alpha value is -1.43. The van der Waals surface area contributed by atoms with E-state index < -0.39 is 4.92 Å². The monoisotopic (exact) mass is 310 g/mol. The van der Waals surface area contributed by atoms with E-state index in [1.54, 1.807) is 17.4 Å². The number of hydrogen-bond acceptors (Lipinski definition) is 4. The molecule has 1 atom stereocenters. The first kappa shape index (κ1) is 15.0. The molecule has 0 radical (unpaired) electrons. The van der Waals surface area contributed by atoms with Crippen molar-refractivity contribution in [2.45, 2.75) is 25.9 Å². The highest BCUT2D eigenvalue weighted by Gasteiger charge is 2.13. The van der Waals surface area contributed by atoms with Crippen molar-refractivity contribution in [1.29, 1.82) is 0 Å². The van der Waals surface area contributed by atoms with Crippen LogP contribution in [0, 0.1) is 10.1 Å². The van der Waals surface area contributed by atoms with Crippen molar-refractivity contribution in [2.75, 3.05) is 0 Å².